The fourth-order valence-electron chi connectivity index (χ4n) is 3.73. The monoisotopic (exact) mass is 316 g/mol. The standard InChI is InChI=1S/C19H28N2O2/c1-18(2,3)23-17(22)21-13-19(14-21)10-16(11-19)20(4)12-15-8-6-5-7-9-15/h5-9,16H,10-14H2,1-4H3. The Morgan fingerprint density at radius 1 is 1.26 bits per heavy atom. The van der Waals surface area contributed by atoms with E-state index >= 15 is 0 Å². The van der Waals surface area contributed by atoms with E-state index in [1.54, 1.807) is 0 Å². The average molecular weight is 316 g/mol. The number of hydrogen-bond acceptors (Lipinski definition) is 3. The molecule has 126 valence electrons. The molecule has 1 heterocycles. The van der Waals surface area contributed by atoms with Gasteiger partial charge in [-0.3, -0.25) is 4.90 Å². The normalized spacial score (nSPS) is 20.3. The van der Waals surface area contributed by atoms with E-state index in [1.807, 2.05) is 25.7 Å². The molecule has 1 amide bonds. The molecule has 0 aromatic heterocycles. The van der Waals surface area contributed by atoms with Gasteiger partial charge in [0.2, 0.25) is 0 Å². The lowest BCUT2D eigenvalue weighted by molar-refractivity contribution is -0.105. The van der Waals surface area contributed by atoms with Gasteiger partial charge in [0.1, 0.15) is 5.60 Å². The third kappa shape index (κ3) is 3.69. The number of benzene rings is 1. The largest absolute Gasteiger partial charge is 0.444 e. The zero-order valence-electron chi connectivity index (χ0n) is 14.7. The van der Waals surface area contributed by atoms with Gasteiger partial charge in [-0.2, -0.15) is 0 Å². The van der Waals surface area contributed by atoms with Crippen molar-refractivity contribution in [2.45, 2.75) is 51.8 Å². The number of hydrogen-bond donors (Lipinski definition) is 0. The Morgan fingerprint density at radius 3 is 2.43 bits per heavy atom. The van der Waals surface area contributed by atoms with Crippen molar-refractivity contribution in [3.63, 3.8) is 0 Å². The summed E-state index contributed by atoms with van der Waals surface area (Å²) in [7, 11) is 2.20. The fourth-order valence-corrected chi connectivity index (χ4v) is 3.73. The van der Waals surface area contributed by atoms with E-state index in [0.717, 1.165) is 19.6 Å². The molecule has 1 aromatic rings. The van der Waals surface area contributed by atoms with E-state index in [0.29, 0.717) is 11.5 Å². The highest BCUT2D eigenvalue weighted by Crippen LogP contribution is 2.50. The van der Waals surface area contributed by atoms with Crippen molar-refractivity contribution < 1.29 is 9.53 Å². The predicted molar refractivity (Wildman–Crippen MR) is 91.2 cm³/mol. The van der Waals surface area contributed by atoms with Gasteiger partial charge in [0, 0.05) is 31.1 Å². The molecule has 23 heavy (non-hydrogen) atoms. The fraction of sp³-hybridized carbons (Fsp3) is 0.632. The SMILES string of the molecule is CN(Cc1ccccc1)C1CC2(C1)CN(C(=O)OC(C)(C)C)C2. The molecule has 1 spiro atoms. The number of carbonyl (C=O) groups excluding carboxylic acids is 1. The summed E-state index contributed by atoms with van der Waals surface area (Å²) >= 11 is 0. The van der Waals surface area contributed by atoms with Gasteiger partial charge < -0.3 is 9.64 Å². The van der Waals surface area contributed by atoms with Crippen molar-refractivity contribution in [2.24, 2.45) is 5.41 Å². The second kappa shape index (κ2) is 5.82. The summed E-state index contributed by atoms with van der Waals surface area (Å²) in [6.45, 7) is 8.46. The highest BCUT2D eigenvalue weighted by molar-refractivity contribution is 5.69. The Morgan fingerprint density at radius 2 is 1.87 bits per heavy atom. The molecule has 3 rings (SSSR count). The molecule has 0 radical (unpaired) electrons. The Bertz CT molecular complexity index is 550. The number of ether oxygens (including phenoxy) is 1. The highest BCUT2D eigenvalue weighted by atomic mass is 16.6. The summed E-state index contributed by atoms with van der Waals surface area (Å²) in [5.74, 6) is 0. The lowest BCUT2D eigenvalue weighted by Crippen LogP contribution is -2.67. The first kappa shape index (κ1) is 16.3. The molecule has 4 heteroatoms. The molecule has 2 fully saturated rings. The van der Waals surface area contributed by atoms with Crippen molar-refractivity contribution in [3.05, 3.63) is 35.9 Å². The van der Waals surface area contributed by atoms with Crippen LogP contribution in [0.5, 0.6) is 0 Å². The van der Waals surface area contributed by atoms with Crippen LogP contribution in [0.4, 0.5) is 4.79 Å². The Kier molecular flexibility index (Phi) is 4.13. The second-order valence-corrected chi connectivity index (χ2v) is 8.30. The van der Waals surface area contributed by atoms with Gasteiger partial charge in [-0.05, 0) is 46.2 Å². The van der Waals surface area contributed by atoms with Crippen LogP contribution in [0.2, 0.25) is 0 Å². The van der Waals surface area contributed by atoms with Gasteiger partial charge in [-0.25, -0.2) is 4.79 Å². The van der Waals surface area contributed by atoms with Crippen LogP contribution >= 0.6 is 0 Å². The lowest BCUT2D eigenvalue weighted by Gasteiger charge is -2.60. The molecule has 1 saturated carbocycles. The van der Waals surface area contributed by atoms with Crippen molar-refractivity contribution >= 4 is 6.09 Å². The van der Waals surface area contributed by atoms with Gasteiger partial charge in [-0.1, -0.05) is 30.3 Å². The van der Waals surface area contributed by atoms with Crippen LogP contribution in [0.1, 0.15) is 39.2 Å². The van der Waals surface area contributed by atoms with Crippen LogP contribution in [0.25, 0.3) is 0 Å². The molecular formula is C19H28N2O2. The molecule has 0 bridgehead atoms. The lowest BCUT2D eigenvalue weighted by atomic mass is 9.60. The smallest absolute Gasteiger partial charge is 0.410 e. The van der Waals surface area contributed by atoms with Crippen LogP contribution in [0, 0.1) is 5.41 Å². The Balaban J connectivity index is 1.43. The van der Waals surface area contributed by atoms with Gasteiger partial charge in [0.15, 0.2) is 0 Å². The van der Waals surface area contributed by atoms with E-state index in [9.17, 15) is 4.79 Å². The van der Waals surface area contributed by atoms with E-state index in [-0.39, 0.29) is 6.09 Å². The van der Waals surface area contributed by atoms with E-state index in [2.05, 4.69) is 42.3 Å². The van der Waals surface area contributed by atoms with Crippen LogP contribution in [0.15, 0.2) is 30.3 Å². The Hall–Kier alpha value is -1.55. The number of carbonyl (C=O) groups is 1. The molecule has 2 aliphatic rings. The third-order valence-corrected chi connectivity index (χ3v) is 4.94. The first-order chi connectivity index (χ1) is 10.8. The maximum atomic E-state index is 12.0. The second-order valence-electron chi connectivity index (χ2n) is 8.30. The Labute approximate surface area is 139 Å². The molecule has 0 unspecified atom stereocenters. The molecule has 1 saturated heterocycles. The van der Waals surface area contributed by atoms with Gasteiger partial charge in [-0.15, -0.1) is 0 Å². The number of rotatable bonds is 3. The van der Waals surface area contributed by atoms with Crippen LogP contribution in [-0.2, 0) is 11.3 Å². The summed E-state index contributed by atoms with van der Waals surface area (Å²) < 4.78 is 5.43. The number of nitrogens with zero attached hydrogens (tertiary/aromatic N) is 2. The molecule has 0 atom stereocenters. The first-order valence-electron chi connectivity index (χ1n) is 8.49. The average Bonchev–Trinajstić information content (AvgIpc) is 2.34. The minimum absolute atomic E-state index is 0.163. The minimum Gasteiger partial charge on any atom is -0.444 e. The van der Waals surface area contributed by atoms with E-state index < -0.39 is 5.60 Å². The molecule has 1 aliphatic heterocycles. The van der Waals surface area contributed by atoms with Crippen molar-refractivity contribution in [1.29, 1.82) is 0 Å². The number of amides is 1. The molecule has 0 N–H and O–H groups in total. The van der Waals surface area contributed by atoms with E-state index in [4.69, 9.17) is 4.74 Å². The van der Waals surface area contributed by atoms with E-state index in [1.165, 1.54) is 18.4 Å². The third-order valence-electron chi connectivity index (χ3n) is 4.94. The van der Waals surface area contributed by atoms with Gasteiger partial charge in [0.25, 0.3) is 0 Å². The summed E-state index contributed by atoms with van der Waals surface area (Å²) in [6, 6.07) is 11.2. The summed E-state index contributed by atoms with van der Waals surface area (Å²) in [6.07, 6.45) is 2.22. The molecule has 1 aliphatic carbocycles. The summed E-state index contributed by atoms with van der Waals surface area (Å²) in [5, 5.41) is 0. The summed E-state index contributed by atoms with van der Waals surface area (Å²) in [4.78, 5) is 16.3. The van der Waals surface area contributed by atoms with Crippen molar-refractivity contribution in [2.75, 3.05) is 20.1 Å². The van der Waals surface area contributed by atoms with Gasteiger partial charge >= 0.3 is 6.09 Å². The maximum Gasteiger partial charge on any atom is 0.410 e. The maximum absolute atomic E-state index is 12.0. The quantitative estimate of drug-likeness (QED) is 0.855. The molecule has 4 nitrogen and oxygen atoms in total. The summed E-state index contributed by atoms with van der Waals surface area (Å²) in [5.41, 5.74) is 1.31. The van der Waals surface area contributed by atoms with Crippen LogP contribution < -0.4 is 0 Å². The van der Waals surface area contributed by atoms with Crippen molar-refractivity contribution in [3.8, 4) is 0 Å². The molecule has 1 aromatic carbocycles. The zero-order valence-corrected chi connectivity index (χ0v) is 14.7. The van der Waals surface area contributed by atoms with Crippen molar-refractivity contribution in [1.82, 2.24) is 9.80 Å². The highest BCUT2D eigenvalue weighted by Gasteiger charge is 2.55. The number of likely N-dealkylation sites (tertiary alicyclic amines) is 1. The minimum atomic E-state index is -0.405. The van der Waals surface area contributed by atoms with Gasteiger partial charge in [0.05, 0.1) is 0 Å². The van der Waals surface area contributed by atoms with Crippen LogP contribution in [0.3, 0.4) is 0 Å². The predicted octanol–water partition coefficient (Wildman–Crippen LogP) is 3.52. The zero-order chi connectivity index (χ0) is 16.7. The van der Waals surface area contributed by atoms with Crippen LogP contribution in [-0.4, -0.2) is 47.7 Å². The first-order valence-corrected chi connectivity index (χ1v) is 8.49. The molecular weight excluding hydrogens is 288 g/mol. The topological polar surface area (TPSA) is 32.8 Å².